The van der Waals surface area contributed by atoms with Crippen LogP contribution in [0.25, 0.3) is 0 Å². The second-order valence-corrected chi connectivity index (χ2v) is 8.73. The summed E-state index contributed by atoms with van der Waals surface area (Å²) in [6.45, 7) is 12.7. The number of nitrogens with zero attached hydrogens (tertiary/aromatic N) is 5. The van der Waals surface area contributed by atoms with Gasteiger partial charge in [-0.1, -0.05) is 13.8 Å². The van der Waals surface area contributed by atoms with Gasteiger partial charge in [-0.05, 0) is 25.7 Å². The fraction of sp³-hybridized carbons (Fsp3) is 0.762. The lowest BCUT2D eigenvalue weighted by molar-refractivity contribution is -0.137. The van der Waals surface area contributed by atoms with Crippen LogP contribution in [0.5, 0.6) is 0 Å². The maximum Gasteiger partial charge on any atom is 0.332 e. The zero-order chi connectivity index (χ0) is 21.1. The van der Waals surface area contributed by atoms with Crippen molar-refractivity contribution in [3.63, 3.8) is 0 Å². The maximum absolute atomic E-state index is 13.1. The molecule has 0 aliphatic carbocycles. The molecule has 0 N–H and O–H groups in total. The van der Waals surface area contributed by atoms with Gasteiger partial charge < -0.3 is 9.80 Å². The third-order valence-electron chi connectivity index (χ3n) is 6.10. The van der Waals surface area contributed by atoms with E-state index in [0.29, 0.717) is 24.8 Å². The number of carbonyl (C=O) groups excluding carboxylic acids is 1. The van der Waals surface area contributed by atoms with E-state index in [4.69, 9.17) is 0 Å². The van der Waals surface area contributed by atoms with E-state index in [1.165, 1.54) is 13.1 Å². The Kier molecular flexibility index (Phi) is 6.82. The van der Waals surface area contributed by atoms with E-state index >= 15 is 0 Å². The Balaban J connectivity index is 1.70. The molecule has 3 heterocycles. The van der Waals surface area contributed by atoms with E-state index in [1.54, 1.807) is 4.57 Å². The van der Waals surface area contributed by atoms with E-state index in [-0.39, 0.29) is 23.1 Å². The van der Waals surface area contributed by atoms with Gasteiger partial charge in [0.15, 0.2) is 0 Å². The average molecular weight is 406 g/mol. The quantitative estimate of drug-likeness (QED) is 0.717. The highest BCUT2D eigenvalue weighted by atomic mass is 16.2. The maximum atomic E-state index is 13.1. The summed E-state index contributed by atoms with van der Waals surface area (Å²) in [5.74, 6) is 1.41. The van der Waals surface area contributed by atoms with Crippen LogP contribution in [0.15, 0.2) is 15.7 Å². The highest BCUT2D eigenvalue weighted by molar-refractivity contribution is 5.80. The first-order valence-corrected chi connectivity index (χ1v) is 10.9. The largest absolute Gasteiger partial charge is 0.357 e. The molecule has 0 saturated carbocycles. The molecule has 2 fully saturated rings. The van der Waals surface area contributed by atoms with Crippen molar-refractivity contribution in [1.29, 1.82) is 0 Å². The SMILES string of the molecule is CCn1c(N2CCCC(C(=O)N3CCN(CC(C)C)CC3)C2)cc(=O)n(C)c1=O. The first kappa shape index (κ1) is 21.6. The van der Waals surface area contributed by atoms with Gasteiger partial charge in [0.25, 0.3) is 5.56 Å². The minimum absolute atomic E-state index is 0.0788. The van der Waals surface area contributed by atoms with Crippen molar-refractivity contribution in [2.24, 2.45) is 18.9 Å². The molecule has 2 saturated heterocycles. The van der Waals surface area contributed by atoms with Crippen molar-refractivity contribution >= 4 is 11.7 Å². The van der Waals surface area contributed by atoms with E-state index < -0.39 is 0 Å². The van der Waals surface area contributed by atoms with E-state index in [0.717, 1.165) is 56.7 Å². The molecule has 3 rings (SSSR count). The van der Waals surface area contributed by atoms with Gasteiger partial charge in [-0.15, -0.1) is 0 Å². The summed E-state index contributed by atoms with van der Waals surface area (Å²) in [6.07, 6.45) is 1.75. The molecule has 0 spiro atoms. The minimum atomic E-state index is -0.301. The van der Waals surface area contributed by atoms with Gasteiger partial charge >= 0.3 is 5.69 Å². The molecule has 8 heteroatoms. The molecule has 1 aromatic heterocycles. The molecule has 1 amide bonds. The molecule has 0 radical (unpaired) electrons. The number of anilines is 1. The third kappa shape index (κ3) is 4.74. The normalized spacial score (nSPS) is 21.1. The molecular weight excluding hydrogens is 370 g/mol. The standard InChI is InChI=1S/C21H35N5O3/c1-5-26-18(13-19(27)22(4)21(26)29)25-8-6-7-17(15-25)20(28)24-11-9-23(10-12-24)14-16(2)3/h13,16-17H,5-12,14-15H2,1-4H3. The molecule has 1 unspecified atom stereocenters. The summed E-state index contributed by atoms with van der Waals surface area (Å²) in [5, 5.41) is 0. The van der Waals surface area contributed by atoms with E-state index in [9.17, 15) is 14.4 Å². The van der Waals surface area contributed by atoms with Crippen LogP contribution < -0.4 is 16.1 Å². The number of hydrogen-bond donors (Lipinski definition) is 0. The summed E-state index contributed by atoms with van der Waals surface area (Å²) >= 11 is 0. The summed E-state index contributed by atoms with van der Waals surface area (Å²) in [4.78, 5) is 44.3. The van der Waals surface area contributed by atoms with Crippen LogP contribution in [-0.4, -0.2) is 70.7 Å². The zero-order valence-electron chi connectivity index (χ0n) is 18.3. The van der Waals surface area contributed by atoms with Crippen molar-refractivity contribution in [3.05, 3.63) is 26.9 Å². The van der Waals surface area contributed by atoms with Gasteiger partial charge in [0, 0.05) is 65.5 Å². The van der Waals surface area contributed by atoms with Crippen LogP contribution in [0.4, 0.5) is 5.82 Å². The van der Waals surface area contributed by atoms with E-state index in [1.807, 2.05) is 16.7 Å². The number of carbonyl (C=O) groups is 1. The molecule has 2 aliphatic rings. The Morgan fingerprint density at radius 3 is 2.45 bits per heavy atom. The summed E-state index contributed by atoms with van der Waals surface area (Å²) in [6, 6.07) is 1.53. The summed E-state index contributed by atoms with van der Waals surface area (Å²) in [5.41, 5.74) is -0.603. The smallest absolute Gasteiger partial charge is 0.332 e. The fourth-order valence-corrected chi connectivity index (χ4v) is 4.53. The number of rotatable bonds is 5. The fourth-order valence-electron chi connectivity index (χ4n) is 4.53. The van der Waals surface area contributed by atoms with Gasteiger partial charge in [-0.25, -0.2) is 4.79 Å². The molecular formula is C21H35N5O3. The number of piperidine rings is 1. The van der Waals surface area contributed by atoms with Crippen molar-refractivity contribution < 1.29 is 4.79 Å². The van der Waals surface area contributed by atoms with Crippen molar-refractivity contribution in [1.82, 2.24) is 18.9 Å². The second-order valence-electron chi connectivity index (χ2n) is 8.73. The molecule has 0 bridgehead atoms. The Hall–Kier alpha value is -2.09. The van der Waals surface area contributed by atoms with Crippen molar-refractivity contribution in [3.8, 4) is 0 Å². The Morgan fingerprint density at radius 2 is 1.83 bits per heavy atom. The third-order valence-corrected chi connectivity index (χ3v) is 6.10. The first-order valence-electron chi connectivity index (χ1n) is 10.9. The van der Waals surface area contributed by atoms with Gasteiger partial charge in [0.1, 0.15) is 5.82 Å². The van der Waals surface area contributed by atoms with Gasteiger partial charge in [0.05, 0.1) is 5.92 Å². The highest BCUT2D eigenvalue weighted by Crippen LogP contribution is 2.24. The summed E-state index contributed by atoms with van der Waals surface area (Å²) < 4.78 is 2.76. The molecule has 1 atom stereocenters. The first-order chi connectivity index (χ1) is 13.8. The number of aromatic nitrogens is 2. The molecule has 8 nitrogen and oxygen atoms in total. The summed E-state index contributed by atoms with van der Waals surface area (Å²) in [7, 11) is 1.50. The minimum Gasteiger partial charge on any atom is -0.357 e. The lowest BCUT2D eigenvalue weighted by Crippen LogP contribution is -2.53. The second kappa shape index (κ2) is 9.15. The van der Waals surface area contributed by atoms with Gasteiger partial charge in [-0.3, -0.25) is 23.6 Å². The number of piperazine rings is 1. The van der Waals surface area contributed by atoms with Gasteiger partial charge in [0.2, 0.25) is 5.91 Å². The Morgan fingerprint density at radius 1 is 1.14 bits per heavy atom. The predicted molar refractivity (Wildman–Crippen MR) is 114 cm³/mol. The van der Waals surface area contributed by atoms with Crippen LogP contribution in [-0.2, 0) is 18.4 Å². The monoisotopic (exact) mass is 405 g/mol. The lowest BCUT2D eigenvalue weighted by Gasteiger charge is -2.40. The predicted octanol–water partition coefficient (Wildman–Crippen LogP) is 0.584. The van der Waals surface area contributed by atoms with Crippen LogP contribution in [0.2, 0.25) is 0 Å². The van der Waals surface area contributed by atoms with E-state index in [2.05, 4.69) is 18.7 Å². The molecule has 162 valence electrons. The molecule has 2 aliphatic heterocycles. The topological polar surface area (TPSA) is 70.8 Å². The van der Waals surface area contributed by atoms with Crippen LogP contribution in [0.3, 0.4) is 0 Å². The van der Waals surface area contributed by atoms with Crippen molar-refractivity contribution in [2.45, 2.75) is 40.2 Å². The lowest BCUT2D eigenvalue weighted by atomic mass is 9.96. The van der Waals surface area contributed by atoms with Crippen LogP contribution in [0.1, 0.15) is 33.6 Å². The number of hydrogen-bond acceptors (Lipinski definition) is 5. The Bertz CT molecular complexity index is 836. The number of amides is 1. The molecule has 1 aromatic rings. The zero-order valence-corrected chi connectivity index (χ0v) is 18.3. The van der Waals surface area contributed by atoms with Crippen molar-refractivity contribution in [2.75, 3.05) is 50.7 Å². The van der Waals surface area contributed by atoms with Crippen LogP contribution >= 0.6 is 0 Å². The Labute approximate surface area is 172 Å². The van der Waals surface area contributed by atoms with Gasteiger partial charge in [-0.2, -0.15) is 0 Å². The highest BCUT2D eigenvalue weighted by Gasteiger charge is 2.32. The average Bonchev–Trinajstić information content (AvgIpc) is 2.71. The van der Waals surface area contributed by atoms with Crippen LogP contribution in [0, 0.1) is 11.8 Å². The molecule has 29 heavy (non-hydrogen) atoms. The molecule has 0 aromatic carbocycles.